The lowest BCUT2D eigenvalue weighted by atomic mass is 10.2. The van der Waals surface area contributed by atoms with Crippen LogP contribution in [0.1, 0.15) is 12.1 Å². The van der Waals surface area contributed by atoms with Crippen LogP contribution in [0.3, 0.4) is 0 Å². The Hall–Kier alpha value is -2.14. The van der Waals surface area contributed by atoms with Crippen LogP contribution in [0.15, 0.2) is 49.5 Å². The van der Waals surface area contributed by atoms with Gasteiger partial charge in [0.15, 0.2) is 0 Å². The minimum Gasteiger partial charge on any atom is -0.355 e. The van der Waals surface area contributed by atoms with E-state index in [1.807, 2.05) is 22.9 Å². The van der Waals surface area contributed by atoms with E-state index in [1.54, 1.807) is 12.4 Å². The number of allylic oxidation sites excluding steroid dienone is 4. The largest absolute Gasteiger partial charge is 0.355 e. The Bertz CT molecular complexity index is 530. The van der Waals surface area contributed by atoms with Crippen molar-refractivity contribution >= 4 is 5.91 Å². The summed E-state index contributed by atoms with van der Waals surface area (Å²) in [6, 6.07) is -0.0964. The van der Waals surface area contributed by atoms with Crippen molar-refractivity contribution in [3.05, 3.63) is 55.2 Å². The highest BCUT2D eigenvalue weighted by Gasteiger charge is 2.23. The average molecular weight is 272 g/mol. The molecule has 5 heteroatoms. The van der Waals surface area contributed by atoms with Gasteiger partial charge >= 0.3 is 0 Å². The Morgan fingerprint density at radius 2 is 2.45 bits per heavy atom. The van der Waals surface area contributed by atoms with Gasteiger partial charge in [-0.3, -0.25) is 4.79 Å². The van der Waals surface area contributed by atoms with Crippen molar-refractivity contribution in [2.45, 2.75) is 25.6 Å². The Morgan fingerprint density at radius 3 is 3.10 bits per heavy atom. The highest BCUT2D eigenvalue weighted by atomic mass is 16.2. The molecule has 20 heavy (non-hydrogen) atoms. The van der Waals surface area contributed by atoms with E-state index in [9.17, 15) is 4.79 Å². The van der Waals surface area contributed by atoms with Gasteiger partial charge in [0.25, 0.3) is 0 Å². The van der Waals surface area contributed by atoms with Crippen LogP contribution in [0.5, 0.6) is 0 Å². The number of carbonyl (C=O) groups excluding carboxylic acids is 1. The molecule has 0 radical (unpaired) electrons. The van der Waals surface area contributed by atoms with E-state index >= 15 is 0 Å². The number of hydrogen-bond acceptors (Lipinski definition) is 3. The molecule has 5 nitrogen and oxygen atoms in total. The molecule has 2 heterocycles. The molecule has 0 unspecified atom stereocenters. The summed E-state index contributed by atoms with van der Waals surface area (Å²) in [6.07, 6.45) is 9.91. The standard InChI is InChI=1S/C15H20N4O/c1-3-5-12(4-2)10-19-11-16-8-13(19)9-18-14-6-7-17-15(14)20/h3-5,8,11,14,18H,1-2,6-7,9-10H2,(H,17,20)/b12-5+/t14-/m0/s1. The Balaban J connectivity index is 1.97. The fourth-order valence-electron chi connectivity index (χ4n) is 2.19. The molecule has 1 aliphatic rings. The van der Waals surface area contributed by atoms with Crippen molar-refractivity contribution in [1.29, 1.82) is 0 Å². The number of rotatable bonds is 7. The van der Waals surface area contributed by atoms with Gasteiger partial charge in [0.05, 0.1) is 18.1 Å². The van der Waals surface area contributed by atoms with Crippen molar-refractivity contribution in [1.82, 2.24) is 20.2 Å². The Labute approximate surface area is 119 Å². The highest BCUT2D eigenvalue weighted by molar-refractivity contribution is 5.83. The second-order valence-electron chi connectivity index (χ2n) is 4.71. The van der Waals surface area contributed by atoms with Crippen LogP contribution in [0.25, 0.3) is 0 Å². The average Bonchev–Trinajstić information content (AvgIpc) is 3.05. The van der Waals surface area contributed by atoms with E-state index in [0.29, 0.717) is 13.1 Å². The molecule has 1 aromatic rings. The monoisotopic (exact) mass is 272 g/mol. The molecule has 1 atom stereocenters. The predicted molar refractivity (Wildman–Crippen MR) is 79.0 cm³/mol. The zero-order chi connectivity index (χ0) is 14.4. The number of nitrogens with one attached hydrogen (secondary N) is 2. The van der Waals surface area contributed by atoms with E-state index in [2.05, 4.69) is 28.8 Å². The first kappa shape index (κ1) is 14.3. The molecule has 1 fully saturated rings. The minimum atomic E-state index is -0.0964. The fraction of sp³-hybridized carbons (Fsp3) is 0.333. The molecule has 0 bridgehead atoms. The number of amides is 1. The fourth-order valence-corrected chi connectivity index (χ4v) is 2.19. The number of aromatic nitrogens is 2. The van der Waals surface area contributed by atoms with Crippen molar-refractivity contribution in [3.63, 3.8) is 0 Å². The third kappa shape index (κ3) is 3.45. The van der Waals surface area contributed by atoms with Gasteiger partial charge in [0.1, 0.15) is 0 Å². The zero-order valence-electron chi connectivity index (χ0n) is 11.5. The molecule has 0 saturated carbocycles. The van der Waals surface area contributed by atoms with Gasteiger partial charge < -0.3 is 15.2 Å². The van der Waals surface area contributed by atoms with Crippen molar-refractivity contribution < 1.29 is 4.79 Å². The van der Waals surface area contributed by atoms with Crippen molar-refractivity contribution in [3.8, 4) is 0 Å². The molecule has 1 aromatic heterocycles. The minimum absolute atomic E-state index is 0.0781. The molecule has 0 aliphatic carbocycles. The third-order valence-electron chi connectivity index (χ3n) is 3.32. The lowest BCUT2D eigenvalue weighted by molar-refractivity contribution is -0.120. The van der Waals surface area contributed by atoms with Gasteiger partial charge in [-0.2, -0.15) is 0 Å². The van der Waals surface area contributed by atoms with Crippen LogP contribution in [0.4, 0.5) is 0 Å². The van der Waals surface area contributed by atoms with Crippen molar-refractivity contribution in [2.24, 2.45) is 0 Å². The topological polar surface area (TPSA) is 59.0 Å². The van der Waals surface area contributed by atoms with E-state index in [4.69, 9.17) is 0 Å². The molecule has 0 aromatic carbocycles. The second kappa shape index (κ2) is 6.86. The summed E-state index contributed by atoms with van der Waals surface area (Å²) in [5.41, 5.74) is 2.11. The summed E-state index contributed by atoms with van der Waals surface area (Å²) in [5.74, 6) is 0.0781. The van der Waals surface area contributed by atoms with Crippen LogP contribution in [-0.2, 0) is 17.9 Å². The first-order valence-electron chi connectivity index (χ1n) is 6.68. The van der Waals surface area contributed by atoms with Gasteiger partial charge in [0, 0.05) is 25.8 Å². The Kier molecular flexibility index (Phi) is 4.90. The smallest absolute Gasteiger partial charge is 0.237 e. The van der Waals surface area contributed by atoms with E-state index < -0.39 is 0 Å². The van der Waals surface area contributed by atoms with E-state index in [0.717, 1.165) is 24.2 Å². The maximum absolute atomic E-state index is 11.5. The SMILES string of the molecule is C=C/C=C(\C=C)Cn1cncc1CN[C@H]1CCNC1=O. The lowest BCUT2D eigenvalue weighted by Gasteiger charge is -2.12. The molecule has 1 aliphatic heterocycles. The molecule has 0 spiro atoms. The summed E-state index contributed by atoms with van der Waals surface area (Å²) in [4.78, 5) is 15.7. The maximum Gasteiger partial charge on any atom is 0.237 e. The summed E-state index contributed by atoms with van der Waals surface area (Å²) in [7, 11) is 0. The Morgan fingerprint density at radius 1 is 1.60 bits per heavy atom. The van der Waals surface area contributed by atoms with Crippen molar-refractivity contribution in [2.75, 3.05) is 6.54 Å². The molecule has 106 valence electrons. The third-order valence-corrected chi connectivity index (χ3v) is 3.32. The van der Waals surface area contributed by atoms with Gasteiger partial charge in [-0.15, -0.1) is 0 Å². The molecule has 2 rings (SSSR count). The van der Waals surface area contributed by atoms with Crippen LogP contribution in [0, 0.1) is 0 Å². The number of carbonyl (C=O) groups is 1. The molecule has 2 N–H and O–H groups in total. The lowest BCUT2D eigenvalue weighted by Crippen LogP contribution is -2.36. The first-order valence-corrected chi connectivity index (χ1v) is 6.68. The van der Waals surface area contributed by atoms with Gasteiger partial charge in [-0.1, -0.05) is 31.4 Å². The van der Waals surface area contributed by atoms with Gasteiger partial charge in [-0.05, 0) is 12.0 Å². The molecule has 1 amide bonds. The normalized spacial score (nSPS) is 18.9. The molecule has 1 saturated heterocycles. The van der Waals surface area contributed by atoms with E-state index in [-0.39, 0.29) is 11.9 Å². The highest BCUT2D eigenvalue weighted by Crippen LogP contribution is 2.07. The van der Waals surface area contributed by atoms with E-state index in [1.165, 1.54) is 0 Å². The van der Waals surface area contributed by atoms with Gasteiger partial charge in [0.2, 0.25) is 5.91 Å². The first-order chi connectivity index (χ1) is 9.74. The van der Waals surface area contributed by atoms with Crippen LogP contribution >= 0.6 is 0 Å². The van der Waals surface area contributed by atoms with Gasteiger partial charge in [-0.25, -0.2) is 4.98 Å². The maximum atomic E-state index is 11.5. The number of nitrogens with zero attached hydrogens (tertiary/aromatic N) is 2. The summed E-state index contributed by atoms with van der Waals surface area (Å²) in [5, 5.41) is 6.07. The van der Waals surface area contributed by atoms with Crippen LogP contribution in [0.2, 0.25) is 0 Å². The number of hydrogen-bond donors (Lipinski definition) is 2. The van der Waals surface area contributed by atoms with Crippen LogP contribution in [-0.4, -0.2) is 28.0 Å². The van der Waals surface area contributed by atoms with Crippen LogP contribution < -0.4 is 10.6 Å². The summed E-state index contributed by atoms with van der Waals surface area (Å²) in [6.45, 7) is 9.55. The summed E-state index contributed by atoms with van der Waals surface area (Å²) < 4.78 is 2.04. The second-order valence-corrected chi connectivity index (χ2v) is 4.71. The predicted octanol–water partition coefficient (Wildman–Crippen LogP) is 1.16. The zero-order valence-corrected chi connectivity index (χ0v) is 11.5. The molecular weight excluding hydrogens is 252 g/mol. The molecular formula is C15H20N4O. The summed E-state index contributed by atoms with van der Waals surface area (Å²) >= 11 is 0. The number of imidazole rings is 1. The quantitative estimate of drug-likeness (QED) is 0.732.